The van der Waals surface area contributed by atoms with Gasteiger partial charge in [-0.05, 0) is 37.8 Å². The van der Waals surface area contributed by atoms with E-state index >= 15 is 0 Å². The molecular weight excluding hydrogens is 282 g/mol. The molecule has 2 rings (SSSR count). The van der Waals surface area contributed by atoms with E-state index in [4.69, 9.17) is 9.47 Å². The number of hydrogen-bond acceptors (Lipinski definition) is 3. The van der Waals surface area contributed by atoms with Crippen LogP contribution in [0.1, 0.15) is 24.2 Å². The van der Waals surface area contributed by atoms with Crippen molar-refractivity contribution in [3.63, 3.8) is 0 Å². The Balaban J connectivity index is 1.93. The summed E-state index contributed by atoms with van der Waals surface area (Å²) in [6, 6.07) is 4.00. The number of hydrogen-bond donors (Lipinski definition) is 0. The third-order valence-electron chi connectivity index (χ3n) is 3.01. The molecule has 1 fully saturated rings. The molecule has 3 nitrogen and oxygen atoms in total. The number of nitrogens with zero attached hydrogens (tertiary/aromatic N) is 1. The fourth-order valence-electron chi connectivity index (χ4n) is 1.95. The molecule has 1 aliphatic rings. The van der Waals surface area contributed by atoms with Crippen LogP contribution >= 0.6 is 15.9 Å². The zero-order valence-electron chi connectivity index (χ0n) is 10.1. The predicted molar refractivity (Wildman–Crippen MR) is 70.6 cm³/mol. The van der Waals surface area contributed by atoms with Crippen molar-refractivity contribution in [2.75, 3.05) is 19.8 Å². The smallest absolute Gasteiger partial charge is 0.141 e. The lowest BCUT2D eigenvalue weighted by Crippen LogP contribution is -2.21. The molecular formula is C13H18BrNO2. The highest BCUT2D eigenvalue weighted by molar-refractivity contribution is 9.08. The van der Waals surface area contributed by atoms with Gasteiger partial charge in [-0.15, -0.1) is 0 Å². The van der Waals surface area contributed by atoms with E-state index in [1.54, 1.807) is 0 Å². The molecule has 0 spiro atoms. The number of halogens is 1. The van der Waals surface area contributed by atoms with Gasteiger partial charge >= 0.3 is 0 Å². The average Bonchev–Trinajstić information content (AvgIpc) is 2.38. The number of pyridine rings is 1. The highest BCUT2D eigenvalue weighted by atomic mass is 79.9. The Hall–Kier alpha value is -0.610. The predicted octanol–water partition coefficient (Wildman–Crippen LogP) is 3.09. The van der Waals surface area contributed by atoms with Crippen LogP contribution in [-0.2, 0) is 10.1 Å². The first-order chi connectivity index (χ1) is 8.29. The summed E-state index contributed by atoms with van der Waals surface area (Å²) in [4.78, 5) is 4.46. The summed E-state index contributed by atoms with van der Waals surface area (Å²) in [5.74, 6) is 1.52. The number of alkyl halides is 1. The average molecular weight is 300 g/mol. The summed E-state index contributed by atoms with van der Waals surface area (Å²) in [5, 5.41) is 0.734. The molecule has 0 unspecified atom stereocenters. The second kappa shape index (κ2) is 6.36. The molecule has 0 atom stereocenters. The van der Waals surface area contributed by atoms with Gasteiger partial charge in [-0.25, -0.2) is 0 Å². The van der Waals surface area contributed by atoms with Gasteiger partial charge < -0.3 is 9.47 Å². The Labute approximate surface area is 111 Å². The molecule has 17 heavy (non-hydrogen) atoms. The molecule has 4 heteroatoms. The highest BCUT2D eigenvalue weighted by Gasteiger charge is 2.15. The van der Waals surface area contributed by atoms with Gasteiger partial charge in [0.25, 0.3) is 0 Å². The Kier molecular flexibility index (Phi) is 4.80. The standard InChI is InChI=1S/C13H18BrNO2/c1-10-2-3-13(12(8-14)15-10)17-9-11-4-6-16-7-5-11/h2-3,11H,4-9H2,1H3. The van der Waals surface area contributed by atoms with Crippen LogP contribution in [0, 0.1) is 12.8 Å². The van der Waals surface area contributed by atoms with Gasteiger partial charge in [0.05, 0.1) is 12.3 Å². The van der Waals surface area contributed by atoms with Gasteiger partial charge in [0, 0.05) is 24.2 Å². The second-order valence-corrected chi connectivity index (χ2v) is 4.96. The lowest BCUT2D eigenvalue weighted by Gasteiger charge is -2.22. The zero-order valence-corrected chi connectivity index (χ0v) is 11.7. The van der Waals surface area contributed by atoms with Crippen molar-refractivity contribution in [2.45, 2.75) is 25.1 Å². The Morgan fingerprint density at radius 3 is 2.88 bits per heavy atom. The van der Waals surface area contributed by atoms with E-state index in [2.05, 4.69) is 20.9 Å². The van der Waals surface area contributed by atoms with Crippen LogP contribution in [0.25, 0.3) is 0 Å². The summed E-state index contributed by atoms with van der Waals surface area (Å²) in [5.41, 5.74) is 2.01. The first-order valence-electron chi connectivity index (χ1n) is 6.02. The van der Waals surface area contributed by atoms with Crippen molar-refractivity contribution >= 4 is 15.9 Å². The van der Waals surface area contributed by atoms with E-state index in [1.165, 1.54) is 0 Å². The zero-order chi connectivity index (χ0) is 12.1. The Morgan fingerprint density at radius 1 is 1.41 bits per heavy atom. The van der Waals surface area contributed by atoms with Crippen molar-refractivity contribution in [1.29, 1.82) is 0 Å². The van der Waals surface area contributed by atoms with Crippen molar-refractivity contribution < 1.29 is 9.47 Å². The number of rotatable bonds is 4. The molecule has 0 amide bonds. The first kappa shape index (κ1) is 12.8. The van der Waals surface area contributed by atoms with Gasteiger partial charge in [0.15, 0.2) is 0 Å². The van der Waals surface area contributed by atoms with Gasteiger partial charge in [0.1, 0.15) is 5.75 Å². The molecule has 1 aromatic rings. The molecule has 2 heterocycles. The number of aromatic nitrogens is 1. The summed E-state index contributed by atoms with van der Waals surface area (Å²) in [6.45, 7) is 4.50. The molecule has 1 aliphatic heterocycles. The Bertz CT molecular complexity index is 364. The molecule has 1 aromatic heterocycles. The first-order valence-corrected chi connectivity index (χ1v) is 7.15. The SMILES string of the molecule is Cc1ccc(OCC2CCOCC2)c(CBr)n1. The van der Waals surface area contributed by atoms with E-state index in [-0.39, 0.29) is 0 Å². The van der Waals surface area contributed by atoms with Crippen LogP contribution in [0.3, 0.4) is 0 Å². The summed E-state index contributed by atoms with van der Waals surface area (Å²) in [7, 11) is 0. The normalized spacial score (nSPS) is 17.1. The Morgan fingerprint density at radius 2 is 2.18 bits per heavy atom. The molecule has 0 saturated carbocycles. The third-order valence-corrected chi connectivity index (χ3v) is 3.54. The fraction of sp³-hybridized carbons (Fsp3) is 0.615. The van der Waals surface area contributed by atoms with Crippen molar-refractivity contribution in [3.05, 3.63) is 23.5 Å². The van der Waals surface area contributed by atoms with Gasteiger partial charge in [0.2, 0.25) is 0 Å². The summed E-state index contributed by atoms with van der Waals surface area (Å²) in [6.07, 6.45) is 2.20. The second-order valence-electron chi connectivity index (χ2n) is 4.40. The van der Waals surface area contributed by atoms with Crippen molar-refractivity contribution in [2.24, 2.45) is 5.92 Å². The molecule has 1 saturated heterocycles. The van der Waals surface area contributed by atoms with Crippen LogP contribution in [0.15, 0.2) is 12.1 Å². The van der Waals surface area contributed by atoms with E-state index in [0.717, 1.165) is 55.1 Å². The van der Waals surface area contributed by atoms with E-state index in [1.807, 2.05) is 19.1 Å². The monoisotopic (exact) mass is 299 g/mol. The number of aryl methyl sites for hydroxylation is 1. The van der Waals surface area contributed by atoms with Crippen LogP contribution in [0.2, 0.25) is 0 Å². The van der Waals surface area contributed by atoms with Gasteiger partial charge in [-0.2, -0.15) is 0 Å². The summed E-state index contributed by atoms with van der Waals surface area (Å²) >= 11 is 3.45. The van der Waals surface area contributed by atoms with Gasteiger partial charge in [-0.3, -0.25) is 4.98 Å². The maximum absolute atomic E-state index is 5.87. The number of ether oxygens (including phenoxy) is 2. The topological polar surface area (TPSA) is 31.4 Å². The minimum absolute atomic E-state index is 0.619. The van der Waals surface area contributed by atoms with E-state index < -0.39 is 0 Å². The van der Waals surface area contributed by atoms with Crippen molar-refractivity contribution in [1.82, 2.24) is 4.98 Å². The van der Waals surface area contributed by atoms with Crippen LogP contribution < -0.4 is 4.74 Å². The molecule has 0 aromatic carbocycles. The molecule has 0 N–H and O–H groups in total. The van der Waals surface area contributed by atoms with Gasteiger partial charge in [-0.1, -0.05) is 15.9 Å². The minimum atomic E-state index is 0.619. The summed E-state index contributed by atoms with van der Waals surface area (Å²) < 4.78 is 11.2. The molecule has 0 bridgehead atoms. The molecule has 0 aliphatic carbocycles. The highest BCUT2D eigenvalue weighted by Crippen LogP contribution is 2.22. The van der Waals surface area contributed by atoms with E-state index in [0.29, 0.717) is 5.92 Å². The van der Waals surface area contributed by atoms with Crippen molar-refractivity contribution in [3.8, 4) is 5.75 Å². The fourth-order valence-corrected chi connectivity index (χ4v) is 2.35. The molecule has 0 radical (unpaired) electrons. The lowest BCUT2D eigenvalue weighted by molar-refractivity contribution is 0.0496. The minimum Gasteiger partial charge on any atom is -0.491 e. The maximum Gasteiger partial charge on any atom is 0.141 e. The van der Waals surface area contributed by atoms with E-state index in [9.17, 15) is 0 Å². The van der Waals surface area contributed by atoms with Crippen LogP contribution in [-0.4, -0.2) is 24.8 Å². The molecule has 94 valence electrons. The lowest BCUT2D eigenvalue weighted by atomic mass is 10.0. The maximum atomic E-state index is 5.87. The third kappa shape index (κ3) is 3.68. The van der Waals surface area contributed by atoms with Crippen LogP contribution in [0.4, 0.5) is 0 Å². The van der Waals surface area contributed by atoms with Crippen LogP contribution in [0.5, 0.6) is 5.75 Å². The largest absolute Gasteiger partial charge is 0.491 e. The quantitative estimate of drug-likeness (QED) is 0.801.